The van der Waals surface area contributed by atoms with Crippen LogP contribution in [-0.4, -0.2) is 55.2 Å². The number of fused-ring (bicyclic) bond motifs is 1. The van der Waals surface area contributed by atoms with E-state index < -0.39 is 0 Å². The topological polar surface area (TPSA) is 84.5 Å². The Hall–Kier alpha value is -2.74. The van der Waals surface area contributed by atoms with Gasteiger partial charge in [-0.25, -0.2) is 0 Å². The summed E-state index contributed by atoms with van der Waals surface area (Å²) < 4.78 is 7.51. The highest BCUT2D eigenvalue weighted by Gasteiger charge is 2.21. The van der Waals surface area contributed by atoms with Crippen LogP contribution in [0, 0.1) is 5.92 Å². The highest BCUT2D eigenvalue weighted by Crippen LogP contribution is 2.29. The molecule has 4 N–H and O–H groups in total. The van der Waals surface area contributed by atoms with Crippen LogP contribution in [0.5, 0.6) is 5.75 Å². The first-order valence-corrected chi connectivity index (χ1v) is 13.7. The van der Waals surface area contributed by atoms with Crippen LogP contribution in [0.2, 0.25) is 5.02 Å². The fourth-order valence-corrected chi connectivity index (χ4v) is 5.38. The normalized spacial score (nSPS) is 14.8. The molecule has 37 heavy (non-hydrogen) atoms. The average Bonchev–Trinajstić information content (AvgIpc) is 3.24. The molecule has 0 unspecified atom stereocenters. The molecule has 3 aromatic rings. The number of methoxy groups -OCH3 is 1. The number of benzene rings is 2. The lowest BCUT2D eigenvalue weighted by atomic mass is 9.96. The Morgan fingerprint density at radius 2 is 1.95 bits per heavy atom. The number of nitrogens with one attached hydrogen (secondary N) is 2. The van der Waals surface area contributed by atoms with E-state index in [0.717, 1.165) is 45.6 Å². The molecular weight excluding hydrogens is 486 g/mol. The molecule has 0 atom stereocenters. The van der Waals surface area contributed by atoms with Gasteiger partial charge in [-0.05, 0) is 75.5 Å². The van der Waals surface area contributed by atoms with Crippen LogP contribution in [0.4, 0.5) is 5.69 Å². The van der Waals surface area contributed by atoms with E-state index in [1.165, 1.54) is 42.8 Å². The van der Waals surface area contributed by atoms with Crippen molar-refractivity contribution in [3.63, 3.8) is 0 Å². The van der Waals surface area contributed by atoms with Gasteiger partial charge in [-0.2, -0.15) is 0 Å². The number of piperidine rings is 1. The van der Waals surface area contributed by atoms with Gasteiger partial charge in [0.05, 0.1) is 23.4 Å². The standard InChI is InChI=1S/C29H40ClN5O2/c1-34-20-22(23-8-4-5-9-27(23)34)19-32-12-6-3-7-13-35-14-10-21(11-15-35)18-33-29(36)24-16-25(30)26(31)17-28(24)37-2/h4-5,8-9,16-17,20-21,32H,3,6-7,10-15,18-19,31H2,1-2H3,(H,33,36). The first-order chi connectivity index (χ1) is 18.0. The second kappa shape index (κ2) is 13.2. The minimum absolute atomic E-state index is 0.171. The van der Waals surface area contributed by atoms with Gasteiger partial charge in [-0.3, -0.25) is 4.79 Å². The molecule has 0 radical (unpaired) electrons. The Morgan fingerprint density at radius 1 is 1.16 bits per heavy atom. The molecule has 1 aliphatic heterocycles. The quantitative estimate of drug-likeness (QED) is 0.233. The van der Waals surface area contributed by atoms with Crippen molar-refractivity contribution < 1.29 is 9.53 Å². The number of rotatable bonds is 12. The number of hydrogen-bond acceptors (Lipinski definition) is 5. The van der Waals surface area contributed by atoms with Crippen molar-refractivity contribution in [3.05, 3.63) is 58.7 Å². The molecular formula is C29H40ClN5O2. The van der Waals surface area contributed by atoms with E-state index in [9.17, 15) is 4.79 Å². The van der Waals surface area contributed by atoms with E-state index in [1.54, 1.807) is 12.1 Å². The maximum absolute atomic E-state index is 12.7. The lowest BCUT2D eigenvalue weighted by Gasteiger charge is -2.32. The number of carbonyl (C=O) groups excluding carboxylic acids is 1. The van der Waals surface area contributed by atoms with Gasteiger partial charge in [0.2, 0.25) is 0 Å². The third kappa shape index (κ3) is 7.18. The second-order valence-corrected chi connectivity index (χ2v) is 10.5. The number of nitrogens with zero attached hydrogens (tertiary/aromatic N) is 2. The Balaban J connectivity index is 1.07. The smallest absolute Gasteiger partial charge is 0.255 e. The molecule has 0 bridgehead atoms. The summed E-state index contributed by atoms with van der Waals surface area (Å²) in [6.07, 6.45) is 8.11. The highest BCUT2D eigenvalue weighted by atomic mass is 35.5. The van der Waals surface area contributed by atoms with Crippen LogP contribution in [-0.2, 0) is 13.6 Å². The zero-order valence-electron chi connectivity index (χ0n) is 22.1. The van der Waals surface area contributed by atoms with Crippen LogP contribution in [0.1, 0.15) is 48.0 Å². The molecule has 1 aromatic heterocycles. The minimum Gasteiger partial charge on any atom is -0.496 e. The molecule has 2 aromatic carbocycles. The Kier molecular flexibility index (Phi) is 9.72. The highest BCUT2D eigenvalue weighted by molar-refractivity contribution is 6.33. The number of likely N-dealkylation sites (tertiary alicyclic amines) is 1. The summed E-state index contributed by atoms with van der Waals surface area (Å²) in [6, 6.07) is 11.8. The fourth-order valence-electron chi connectivity index (χ4n) is 5.21. The SMILES string of the molecule is COc1cc(N)c(Cl)cc1C(=O)NCC1CCN(CCCCCNCc2cn(C)c3ccccc23)CC1. The molecule has 1 amide bonds. The summed E-state index contributed by atoms with van der Waals surface area (Å²) in [7, 11) is 3.64. The van der Waals surface area contributed by atoms with Gasteiger partial charge in [0.15, 0.2) is 0 Å². The Labute approximate surface area is 225 Å². The van der Waals surface area contributed by atoms with Crippen molar-refractivity contribution >= 4 is 34.1 Å². The first-order valence-electron chi connectivity index (χ1n) is 13.3. The largest absolute Gasteiger partial charge is 0.496 e. The number of anilines is 1. The van der Waals surface area contributed by atoms with Crippen molar-refractivity contribution in [2.75, 3.05) is 45.6 Å². The number of ether oxygens (including phenoxy) is 1. The summed E-state index contributed by atoms with van der Waals surface area (Å²) in [5, 5.41) is 8.37. The molecule has 7 nitrogen and oxygen atoms in total. The van der Waals surface area contributed by atoms with Crippen LogP contribution in [0.3, 0.4) is 0 Å². The van der Waals surface area contributed by atoms with E-state index >= 15 is 0 Å². The van der Waals surface area contributed by atoms with Crippen molar-refractivity contribution in [2.45, 2.75) is 38.6 Å². The summed E-state index contributed by atoms with van der Waals surface area (Å²) in [6.45, 7) is 5.98. The monoisotopic (exact) mass is 525 g/mol. The summed E-state index contributed by atoms with van der Waals surface area (Å²) >= 11 is 6.10. The molecule has 0 aliphatic carbocycles. The third-order valence-corrected chi connectivity index (χ3v) is 7.77. The Morgan fingerprint density at radius 3 is 2.73 bits per heavy atom. The Bertz CT molecular complexity index is 1190. The molecule has 1 aliphatic rings. The van der Waals surface area contributed by atoms with Gasteiger partial charge < -0.3 is 30.6 Å². The number of para-hydroxylation sites is 1. The van der Waals surface area contributed by atoms with E-state index in [-0.39, 0.29) is 5.91 Å². The third-order valence-electron chi connectivity index (χ3n) is 7.44. The molecule has 0 spiro atoms. The summed E-state index contributed by atoms with van der Waals surface area (Å²) in [5.41, 5.74) is 9.30. The van der Waals surface area contributed by atoms with Gasteiger partial charge >= 0.3 is 0 Å². The summed E-state index contributed by atoms with van der Waals surface area (Å²) in [4.78, 5) is 15.2. The molecule has 2 heterocycles. The van der Waals surface area contributed by atoms with Gasteiger partial charge in [0.1, 0.15) is 5.75 Å². The summed E-state index contributed by atoms with van der Waals surface area (Å²) in [5.74, 6) is 0.766. The van der Waals surface area contributed by atoms with Crippen molar-refractivity contribution in [3.8, 4) is 5.75 Å². The molecule has 0 saturated carbocycles. The zero-order valence-corrected chi connectivity index (χ0v) is 22.8. The zero-order chi connectivity index (χ0) is 26.2. The number of amides is 1. The van der Waals surface area contributed by atoms with E-state index in [4.69, 9.17) is 22.1 Å². The van der Waals surface area contributed by atoms with Crippen LogP contribution < -0.4 is 21.1 Å². The number of nitrogens with two attached hydrogens (primary N) is 1. The maximum Gasteiger partial charge on any atom is 0.255 e. The molecule has 1 saturated heterocycles. The van der Waals surface area contributed by atoms with Crippen LogP contribution in [0.15, 0.2) is 42.6 Å². The van der Waals surface area contributed by atoms with Gasteiger partial charge in [-0.1, -0.05) is 36.2 Å². The first kappa shape index (κ1) is 27.3. The average molecular weight is 526 g/mol. The number of aryl methyl sites for hydroxylation is 1. The molecule has 200 valence electrons. The van der Waals surface area contributed by atoms with E-state index in [1.807, 2.05) is 0 Å². The van der Waals surface area contributed by atoms with E-state index in [0.29, 0.717) is 34.5 Å². The fraction of sp³-hybridized carbons (Fsp3) is 0.483. The molecule has 1 fully saturated rings. The van der Waals surface area contributed by atoms with E-state index in [2.05, 4.69) is 57.6 Å². The van der Waals surface area contributed by atoms with Gasteiger partial charge in [-0.15, -0.1) is 0 Å². The molecule has 8 heteroatoms. The van der Waals surface area contributed by atoms with Gasteiger partial charge in [0, 0.05) is 43.3 Å². The predicted molar refractivity (Wildman–Crippen MR) is 152 cm³/mol. The second-order valence-electron chi connectivity index (χ2n) is 10.1. The van der Waals surface area contributed by atoms with Crippen LogP contribution >= 0.6 is 11.6 Å². The van der Waals surface area contributed by atoms with Crippen molar-refractivity contribution in [2.24, 2.45) is 13.0 Å². The lowest BCUT2D eigenvalue weighted by molar-refractivity contribution is 0.0933. The van der Waals surface area contributed by atoms with Crippen LogP contribution in [0.25, 0.3) is 10.9 Å². The lowest BCUT2D eigenvalue weighted by Crippen LogP contribution is -2.39. The number of carbonyl (C=O) groups is 1. The number of aromatic nitrogens is 1. The van der Waals surface area contributed by atoms with Gasteiger partial charge in [0.25, 0.3) is 5.91 Å². The minimum atomic E-state index is -0.171. The predicted octanol–water partition coefficient (Wildman–Crippen LogP) is 4.82. The molecule has 4 rings (SSSR count). The number of unbranched alkanes of at least 4 members (excludes halogenated alkanes) is 2. The van der Waals surface area contributed by atoms with Crippen molar-refractivity contribution in [1.29, 1.82) is 0 Å². The number of hydrogen-bond donors (Lipinski definition) is 3. The number of halogens is 1. The van der Waals surface area contributed by atoms with Crippen molar-refractivity contribution in [1.82, 2.24) is 20.1 Å². The number of nitrogen functional groups attached to an aromatic ring is 1. The maximum atomic E-state index is 12.7.